The Bertz CT molecular complexity index is 928. The SMILES string of the molecule is CCCCCC1=NCCN1.CCCCCCCC1=NCCN1.CCCCCCCCCC1=NCCN1.CCCCCCCCCCCCCC1=NCCN1. The normalized spacial score (nSPS) is 15.5. The Hall–Kier alpha value is -2.12. The molecule has 4 aliphatic heterocycles. The largest absolute Gasteiger partial charge is 0.372 e. The average molecular weight is 757 g/mol. The predicted octanol–water partition coefficient (Wildman–Crippen LogP) is 11.7. The highest BCUT2D eigenvalue weighted by atomic mass is 15.1. The summed E-state index contributed by atoms with van der Waals surface area (Å²) in [6.45, 7) is 17.2. The van der Waals surface area contributed by atoms with Crippen molar-refractivity contribution in [2.75, 3.05) is 52.4 Å². The summed E-state index contributed by atoms with van der Waals surface area (Å²) in [6, 6.07) is 0. The van der Waals surface area contributed by atoms with Gasteiger partial charge in [-0.05, 0) is 25.7 Å². The first-order valence-corrected chi connectivity index (χ1v) is 23.8. The number of hydrogen-bond donors (Lipinski definition) is 4. The van der Waals surface area contributed by atoms with Crippen LogP contribution in [-0.2, 0) is 0 Å². The quantitative estimate of drug-likeness (QED) is 0.0549. The molecule has 0 unspecified atom stereocenters. The molecule has 8 nitrogen and oxygen atoms in total. The van der Waals surface area contributed by atoms with Crippen molar-refractivity contribution < 1.29 is 0 Å². The highest BCUT2D eigenvalue weighted by Gasteiger charge is 2.06. The molecule has 54 heavy (non-hydrogen) atoms. The van der Waals surface area contributed by atoms with Crippen LogP contribution < -0.4 is 21.3 Å². The number of nitrogens with one attached hydrogen (secondary N) is 4. The zero-order valence-corrected chi connectivity index (χ0v) is 36.7. The standard InChI is InChI=1S/C16H32N2.C12H24N2.C10H20N2.C8H16N2/c1-2-3-4-5-6-7-8-9-10-11-12-13-16-17-14-15-18-16;1-2-3-4-5-6-7-8-9-12-13-10-11-14-12;1-2-3-4-5-6-7-10-11-8-9-12-10;1-2-3-4-5-8-9-6-7-10-8/h2-15H2,1H3,(H,17,18);2-11H2,1H3,(H,13,14);2-9H2,1H3,(H,11,12);2-7H2,1H3,(H,9,10). The van der Waals surface area contributed by atoms with Gasteiger partial charge in [0.05, 0.1) is 49.5 Å². The molecule has 316 valence electrons. The van der Waals surface area contributed by atoms with Gasteiger partial charge in [-0.25, -0.2) is 0 Å². The van der Waals surface area contributed by atoms with Crippen LogP contribution in [0.1, 0.15) is 220 Å². The van der Waals surface area contributed by atoms with Crippen LogP contribution in [0.4, 0.5) is 0 Å². The van der Waals surface area contributed by atoms with E-state index in [-0.39, 0.29) is 0 Å². The van der Waals surface area contributed by atoms with Crippen molar-refractivity contribution in [1.29, 1.82) is 0 Å². The van der Waals surface area contributed by atoms with Gasteiger partial charge in [-0.1, -0.05) is 169 Å². The molecule has 0 spiro atoms. The Morgan fingerprint density at radius 3 is 0.667 bits per heavy atom. The number of unbranched alkanes of at least 4 members (excludes halogenated alkanes) is 22. The lowest BCUT2D eigenvalue weighted by Crippen LogP contribution is -2.17. The van der Waals surface area contributed by atoms with Crippen molar-refractivity contribution in [1.82, 2.24) is 21.3 Å². The molecular weight excluding hydrogens is 665 g/mol. The lowest BCUT2D eigenvalue weighted by Gasteiger charge is -2.03. The summed E-state index contributed by atoms with van der Waals surface area (Å²) >= 11 is 0. The van der Waals surface area contributed by atoms with Crippen molar-refractivity contribution in [3.63, 3.8) is 0 Å². The van der Waals surface area contributed by atoms with E-state index >= 15 is 0 Å². The minimum Gasteiger partial charge on any atom is -0.372 e. The highest BCUT2D eigenvalue weighted by molar-refractivity contribution is 5.84. The van der Waals surface area contributed by atoms with Crippen molar-refractivity contribution in [2.45, 2.75) is 220 Å². The van der Waals surface area contributed by atoms with Crippen LogP contribution in [0.3, 0.4) is 0 Å². The predicted molar refractivity (Wildman–Crippen MR) is 242 cm³/mol. The van der Waals surface area contributed by atoms with Gasteiger partial charge in [-0.3, -0.25) is 20.0 Å². The fourth-order valence-electron chi connectivity index (χ4n) is 7.10. The van der Waals surface area contributed by atoms with Gasteiger partial charge in [0.15, 0.2) is 0 Å². The van der Waals surface area contributed by atoms with Crippen LogP contribution in [-0.4, -0.2) is 75.7 Å². The van der Waals surface area contributed by atoms with Crippen molar-refractivity contribution in [3.8, 4) is 0 Å². The van der Waals surface area contributed by atoms with Gasteiger partial charge >= 0.3 is 0 Å². The molecule has 0 bridgehead atoms. The van der Waals surface area contributed by atoms with Gasteiger partial charge in [-0.15, -0.1) is 0 Å². The first-order chi connectivity index (χ1) is 26.7. The molecule has 0 aromatic carbocycles. The molecule has 0 saturated heterocycles. The monoisotopic (exact) mass is 757 g/mol. The van der Waals surface area contributed by atoms with E-state index < -0.39 is 0 Å². The third-order valence-corrected chi connectivity index (χ3v) is 10.5. The summed E-state index contributed by atoms with van der Waals surface area (Å²) in [4.78, 5) is 17.5. The van der Waals surface area contributed by atoms with E-state index in [2.05, 4.69) is 68.9 Å². The minimum atomic E-state index is 0.988. The van der Waals surface area contributed by atoms with E-state index in [1.165, 1.54) is 210 Å². The van der Waals surface area contributed by atoms with E-state index in [1.807, 2.05) is 0 Å². The molecule has 0 aromatic rings. The fraction of sp³-hybridized carbons (Fsp3) is 0.913. The molecule has 8 heteroatoms. The molecule has 4 rings (SSSR count). The molecular formula is C46H92N8. The van der Waals surface area contributed by atoms with E-state index in [0.717, 1.165) is 58.8 Å². The van der Waals surface area contributed by atoms with Gasteiger partial charge in [0.2, 0.25) is 0 Å². The number of aliphatic imine (C=N–C) groups is 4. The number of nitrogens with zero attached hydrogens (tertiary/aromatic N) is 4. The minimum absolute atomic E-state index is 0.988. The van der Waals surface area contributed by atoms with Crippen LogP contribution in [0.25, 0.3) is 0 Å². The number of hydrogen-bond acceptors (Lipinski definition) is 8. The van der Waals surface area contributed by atoms with Crippen LogP contribution >= 0.6 is 0 Å². The lowest BCUT2D eigenvalue weighted by molar-refractivity contribution is 0.551. The summed E-state index contributed by atoms with van der Waals surface area (Å²) in [5.41, 5.74) is 0. The van der Waals surface area contributed by atoms with Gasteiger partial charge in [0.1, 0.15) is 0 Å². The van der Waals surface area contributed by atoms with Crippen molar-refractivity contribution in [3.05, 3.63) is 0 Å². The smallest absolute Gasteiger partial charge is 0.0964 e. The Morgan fingerprint density at radius 2 is 0.463 bits per heavy atom. The van der Waals surface area contributed by atoms with Gasteiger partial charge in [0.25, 0.3) is 0 Å². The van der Waals surface area contributed by atoms with Crippen molar-refractivity contribution in [2.24, 2.45) is 20.0 Å². The maximum Gasteiger partial charge on any atom is 0.0964 e. The Balaban J connectivity index is 0.000000368. The third-order valence-electron chi connectivity index (χ3n) is 10.5. The fourth-order valence-corrected chi connectivity index (χ4v) is 7.10. The van der Waals surface area contributed by atoms with Crippen LogP contribution in [0.2, 0.25) is 0 Å². The zero-order chi connectivity index (χ0) is 38.8. The first-order valence-electron chi connectivity index (χ1n) is 23.8. The Kier molecular flexibility index (Phi) is 37.5. The topological polar surface area (TPSA) is 97.6 Å². The van der Waals surface area contributed by atoms with Gasteiger partial charge in [-0.2, -0.15) is 0 Å². The average Bonchev–Trinajstić information content (AvgIpc) is 4.05. The number of rotatable bonds is 30. The van der Waals surface area contributed by atoms with Crippen molar-refractivity contribution >= 4 is 23.3 Å². The van der Waals surface area contributed by atoms with E-state index in [1.54, 1.807) is 0 Å². The first kappa shape index (κ1) is 49.9. The molecule has 4 aliphatic rings. The molecule has 0 atom stereocenters. The van der Waals surface area contributed by atoms with Crippen LogP contribution in [0.5, 0.6) is 0 Å². The molecule has 0 amide bonds. The summed E-state index contributed by atoms with van der Waals surface area (Å²) in [7, 11) is 0. The van der Waals surface area contributed by atoms with E-state index in [4.69, 9.17) is 0 Å². The van der Waals surface area contributed by atoms with E-state index in [0.29, 0.717) is 0 Å². The zero-order valence-electron chi connectivity index (χ0n) is 36.7. The van der Waals surface area contributed by atoms with Crippen LogP contribution in [0.15, 0.2) is 20.0 Å². The molecule has 4 heterocycles. The summed E-state index contributed by atoms with van der Waals surface area (Å²) in [5.74, 6) is 4.98. The summed E-state index contributed by atoms with van der Waals surface area (Å²) < 4.78 is 0. The van der Waals surface area contributed by atoms with Gasteiger partial charge in [0, 0.05) is 51.9 Å². The highest BCUT2D eigenvalue weighted by Crippen LogP contribution is 2.13. The number of amidine groups is 4. The molecule has 0 fully saturated rings. The Labute approximate surface area is 336 Å². The Morgan fingerprint density at radius 1 is 0.278 bits per heavy atom. The summed E-state index contributed by atoms with van der Waals surface area (Å²) in [5, 5.41) is 13.2. The molecule has 0 aliphatic carbocycles. The van der Waals surface area contributed by atoms with Gasteiger partial charge < -0.3 is 21.3 Å². The second-order valence-corrected chi connectivity index (χ2v) is 15.8. The second kappa shape index (κ2) is 40.5. The maximum absolute atomic E-state index is 4.42. The van der Waals surface area contributed by atoms with Crippen LogP contribution in [0, 0.1) is 0 Å². The third kappa shape index (κ3) is 33.2. The molecule has 4 N–H and O–H groups in total. The summed E-state index contributed by atoms with van der Waals surface area (Å²) in [6.07, 6.45) is 40.7. The molecule has 0 saturated carbocycles. The molecule has 0 radical (unpaired) electrons. The second-order valence-electron chi connectivity index (χ2n) is 15.8. The maximum atomic E-state index is 4.42. The lowest BCUT2D eigenvalue weighted by atomic mass is 10.1. The van der Waals surface area contributed by atoms with E-state index in [9.17, 15) is 0 Å². The molecule has 0 aromatic heterocycles.